The second-order valence-electron chi connectivity index (χ2n) is 2.18. The largest absolute Gasteiger partial charge is 0.348 e. The highest BCUT2D eigenvalue weighted by atomic mass is 14.9. The Bertz CT molecular complexity index is 289. The smallest absolute Gasteiger partial charge is 0.0912 e. The van der Waals surface area contributed by atoms with Gasteiger partial charge in [-0.1, -0.05) is 0 Å². The van der Waals surface area contributed by atoms with Gasteiger partial charge in [-0.25, -0.2) is 0 Å². The van der Waals surface area contributed by atoms with Gasteiger partial charge < -0.3 is 4.57 Å². The van der Waals surface area contributed by atoms with Gasteiger partial charge in [-0.2, -0.15) is 5.26 Å². The van der Waals surface area contributed by atoms with E-state index < -0.39 is 0 Å². The summed E-state index contributed by atoms with van der Waals surface area (Å²) >= 11 is 0. The summed E-state index contributed by atoms with van der Waals surface area (Å²) in [5.74, 6) is 0. The molecule has 1 heterocycles. The Balaban J connectivity index is 2.86. The average molecular weight is 146 g/mol. The normalized spacial score (nSPS) is 10.2. The van der Waals surface area contributed by atoms with Crippen LogP contribution in [-0.2, 0) is 6.54 Å². The molecule has 2 heteroatoms. The third kappa shape index (κ3) is 1.71. The fourth-order valence-electron chi connectivity index (χ4n) is 0.989. The van der Waals surface area contributed by atoms with Crippen LogP contribution in [0.25, 0.3) is 6.08 Å². The van der Waals surface area contributed by atoms with E-state index in [1.165, 1.54) is 6.08 Å². The van der Waals surface area contributed by atoms with Gasteiger partial charge in [0, 0.05) is 24.5 Å². The monoisotopic (exact) mass is 146 g/mol. The summed E-state index contributed by atoms with van der Waals surface area (Å²) in [6, 6.07) is 5.92. The maximum Gasteiger partial charge on any atom is 0.0912 e. The number of hydrogen-bond donors (Lipinski definition) is 0. The summed E-state index contributed by atoms with van der Waals surface area (Å²) in [6.07, 6.45) is 5.29. The van der Waals surface area contributed by atoms with E-state index in [9.17, 15) is 0 Å². The van der Waals surface area contributed by atoms with Gasteiger partial charge in [0.25, 0.3) is 0 Å². The molecule has 0 amide bonds. The number of aryl methyl sites for hydroxylation is 1. The highest BCUT2D eigenvalue weighted by Crippen LogP contribution is 2.03. The first-order chi connectivity index (χ1) is 5.38. The van der Waals surface area contributed by atoms with Gasteiger partial charge in [0.2, 0.25) is 0 Å². The number of nitrogens with zero attached hydrogens (tertiary/aromatic N) is 2. The van der Waals surface area contributed by atoms with Gasteiger partial charge in [-0.3, -0.25) is 0 Å². The van der Waals surface area contributed by atoms with Crippen LogP contribution in [0.4, 0.5) is 0 Å². The van der Waals surface area contributed by atoms with E-state index in [1.807, 2.05) is 30.5 Å². The quantitative estimate of drug-likeness (QED) is 0.587. The van der Waals surface area contributed by atoms with Crippen molar-refractivity contribution in [3.63, 3.8) is 0 Å². The van der Waals surface area contributed by atoms with Crippen molar-refractivity contribution in [3.8, 4) is 6.07 Å². The van der Waals surface area contributed by atoms with Crippen molar-refractivity contribution in [1.29, 1.82) is 5.26 Å². The van der Waals surface area contributed by atoms with Gasteiger partial charge in [0.1, 0.15) is 0 Å². The molecule has 0 saturated carbocycles. The van der Waals surface area contributed by atoms with Crippen LogP contribution in [0.2, 0.25) is 0 Å². The Morgan fingerprint density at radius 2 is 2.55 bits per heavy atom. The first kappa shape index (κ1) is 7.62. The van der Waals surface area contributed by atoms with Crippen LogP contribution in [-0.4, -0.2) is 4.57 Å². The minimum Gasteiger partial charge on any atom is -0.348 e. The Morgan fingerprint density at radius 3 is 3.18 bits per heavy atom. The summed E-state index contributed by atoms with van der Waals surface area (Å²) < 4.78 is 2.08. The number of hydrogen-bond acceptors (Lipinski definition) is 1. The van der Waals surface area contributed by atoms with Crippen molar-refractivity contribution < 1.29 is 0 Å². The van der Waals surface area contributed by atoms with Crippen LogP contribution in [0.15, 0.2) is 24.4 Å². The van der Waals surface area contributed by atoms with Gasteiger partial charge in [0.15, 0.2) is 0 Å². The molecule has 0 atom stereocenters. The molecule has 2 nitrogen and oxygen atoms in total. The molecule has 0 aliphatic rings. The maximum atomic E-state index is 8.28. The van der Waals surface area contributed by atoms with E-state index in [1.54, 1.807) is 0 Å². The molecule has 0 spiro atoms. The van der Waals surface area contributed by atoms with Gasteiger partial charge >= 0.3 is 0 Å². The zero-order chi connectivity index (χ0) is 8.10. The molecule has 0 unspecified atom stereocenters. The van der Waals surface area contributed by atoms with E-state index in [-0.39, 0.29) is 0 Å². The number of allylic oxidation sites excluding steroid dienone is 1. The van der Waals surface area contributed by atoms with Crippen LogP contribution in [0.5, 0.6) is 0 Å². The van der Waals surface area contributed by atoms with E-state index in [4.69, 9.17) is 5.26 Å². The van der Waals surface area contributed by atoms with Crippen LogP contribution >= 0.6 is 0 Å². The molecule has 0 aromatic carbocycles. The minimum absolute atomic E-state index is 0.943. The van der Waals surface area contributed by atoms with Crippen molar-refractivity contribution in [1.82, 2.24) is 4.57 Å². The van der Waals surface area contributed by atoms with Crippen molar-refractivity contribution >= 4 is 6.08 Å². The molecule has 0 aliphatic carbocycles. The molecule has 0 fully saturated rings. The van der Waals surface area contributed by atoms with Crippen LogP contribution in [0.1, 0.15) is 12.6 Å². The topological polar surface area (TPSA) is 28.7 Å². The summed E-state index contributed by atoms with van der Waals surface area (Å²) in [5.41, 5.74) is 1.08. The molecule has 1 aromatic rings. The lowest BCUT2D eigenvalue weighted by Gasteiger charge is -1.98. The molecule has 0 aliphatic heterocycles. The fraction of sp³-hybridized carbons (Fsp3) is 0.222. The fourth-order valence-corrected chi connectivity index (χ4v) is 0.989. The summed E-state index contributed by atoms with van der Waals surface area (Å²) in [4.78, 5) is 0. The van der Waals surface area contributed by atoms with Crippen LogP contribution in [0, 0.1) is 11.3 Å². The minimum atomic E-state index is 0.943. The standard InChI is InChI=1S/C9H10N2/c1-2-11-8-4-6-9(11)5-3-7-10/h3-6,8H,2H2,1H3/b5-3+. The Kier molecular flexibility index (Phi) is 2.51. The third-order valence-corrected chi connectivity index (χ3v) is 1.53. The summed E-state index contributed by atoms with van der Waals surface area (Å²) in [5, 5.41) is 8.28. The molecule has 0 saturated heterocycles. The van der Waals surface area contributed by atoms with Crippen LogP contribution in [0.3, 0.4) is 0 Å². The number of rotatable bonds is 2. The molecule has 0 bridgehead atoms. The molecule has 1 aromatic heterocycles. The van der Waals surface area contributed by atoms with Crippen LogP contribution < -0.4 is 0 Å². The summed E-state index contributed by atoms with van der Waals surface area (Å²) in [7, 11) is 0. The first-order valence-electron chi connectivity index (χ1n) is 3.59. The highest BCUT2D eigenvalue weighted by Gasteiger charge is 1.91. The molecule has 56 valence electrons. The zero-order valence-electron chi connectivity index (χ0n) is 6.49. The second-order valence-corrected chi connectivity index (χ2v) is 2.18. The maximum absolute atomic E-state index is 8.28. The molecule has 0 radical (unpaired) electrons. The zero-order valence-corrected chi connectivity index (χ0v) is 6.49. The first-order valence-corrected chi connectivity index (χ1v) is 3.59. The van der Waals surface area contributed by atoms with E-state index in [2.05, 4.69) is 11.5 Å². The Morgan fingerprint density at radius 1 is 1.73 bits per heavy atom. The van der Waals surface area contributed by atoms with E-state index in [0.29, 0.717) is 0 Å². The lowest BCUT2D eigenvalue weighted by atomic mass is 10.4. The predicted molar refractivity (Wildman–Crippen MR) is 44.8 cm³/mol. The van der Waals surface area contributed by atoms with Gasteiger partial charge in [-0.05, 0) is 25.1 Å². The Hall–Kier alpha value is -1.49. The summed E-state index contributed by atoms with van der Waals surface area (Å²) in [6.45, 7) is 3.02. The van der Waals surface area contributed by atoms with Gasteiger partial charge in [-0.15, -0.1) is 0 Å². The molecule has 0 N–H and O–H groups in total. The average Bonchev–Trinajstić information content (AvgIpc) is 2.47. The molecular weight excluding hydrogens is 136 g/mol. The third-order valence-electron chi connectivity index (χ3n) is 1.53. The lowest BCUT2D eigenvalue weighted by Crippen LogP contribution is -1.92. The number of aromatic nitrogens is 1. The second kappa shape index (κ2) is 3.62. The van der Waals surface area contributed by atoms with E-state index >= 15 is 0 Å². The number of nitriles is 1. The van der Waals surface area contributed by atoms with Crippen molar-refractivity contribution in [2.45, 2.75) is 13.5 Å². The highest BCUT2D eigenvalue weighted by molar-refractivity contribution is 5.48. The SMILES string of the molecule is CCn1cccc1/C=C/C#N. The predicted octanol–water partition coefficient (Wildman–Crippen LogP) is 2.04. The molecule has 1 rings (SSSR count). The van der Waals surface area contributed by atoms with Crippen molar-refractivity contribution in [3.05, 3.63) is 30.1 Å². The van der Waals surface area contributed by atoms with Crippen molar-refractivity contribution in [2.75, 3.05) is 0 Å². The molecule has 11 heavy (non-hydrogen) atoms. The van der Waals surface area contributed by atoms with Crippen molar-refractivity contribution in [2.24, 2.45) is 0 Å². The van der Waals surface area contributed by atoms with E-state index in [0.717, 1.165) is 12.2 Å². The Labute approximate surface area is 66.4 Å². The van der Waals surface area contributed by atoms with Gasteiger partial charge in [0.05, 0.1) is 6.07 Å². The lowest BCUT2D eigenvalue weighted by molar-refractivity contribution is 0.761. The molecular formula is C9H10N2.